The van der Waals surface area contributed by atoms with Crippen molar-refractivity contribution in [2.24, 2.45) is 7.05 Å². The predicted octanol–water partition coefficient (Wildman–Crippen LogP) is 3.98. The van der Waals surface area contributed by atoms with Gasteiger partial charge < -0.3 is 0 Å². The first-order valence-electron chi connectivity index (χ1n) is 7.61. The van der Waals surface area contributed by atoms with E-state index in [1.807, 2.05) is 44.4 Å². The molecule has 1 aromatic carbocycles. The number of fused-ring (bicyclic) bond motifs is 1. The van der Waals surface area contributed by atoms with Crippen LogP contribution in [0.2, 0.25) is 0 Å². The Morgan fingerprint density at radius 3 is 2.71 bits per heavy atom. The van der Waals surface area contributed by atoms with Crippen molar-refractivity contribution in [3.8, 4) is 0 Å². The second-order valence-electron chi connectivity index (χ2n) is 5.82. The van der Waals surface area contributed by atoms with Crippen LogP contribution >= 0.6 is 23.1 Å². The molecule has 3 aromatic rings. The number of Topliss-reactive ketones (excluding diaryl/α,β-unsaturated/α-hetero) is 1. The Labute approximate surface area is 148 Å². The maximum atomic E-state index is 12.7. The molecule has 0 radical (unpaired) electrons. The van der Waals surface area contributed by atoms with Crippen molar-refractivity contribution in [3.05, 3.63) is 56.7 Å². The van der Waals surface area contributed by atoms with Crippen molar-refractivity contribution >= 4 is 39.1 Å². The zero-order valence-electron chi connectivity index (χ0n) is 14.0. The van der Waals surface area contributed by atoms with Crippen LogP contribution < -0.4 is 5.56 Å². The average molecular weight is 358 g/mol. The van der Waals surface area contributed by atoms with Gasteiger partial charge in [0.15, 0.2) is 10.9 Å². The Bertz CT molecular complexity index is 988. The maximum absolute atomic E-state index is 12.7. The zero-order chi connectivity index (χ0) is 17.4. The quantitative estimate of drug-likeness (QED) is 0.402. The first-order valence-corrected chi connectivity index (χ1v) is 9.36. The Hall–Kier alpha value is -1.92. The number of carbonyl (C=O) groups is 1. The van der Waals surface area contributed by atoms with E-state index in [0.29, 0.717) is 20.9 Å². The number of aromatic nitrogens is 2. The molecule has 0 amide bonds. The summed E-state index contributed by atoms with van der Waals surface area (Å²) in [7, 11) is 1.70. The molecule has 2 aromatic heterocycles. The molecule has 1 atom stereocenters. The molecule has 3 rings (SSSR count). The molecule has 6 heteroatoms. The van der Waals surface area contributed by atoms with Crippen molar-refractivity contribution in [1.29, 1.82) is 0 Å². The van der Waals surface area contributed by atoms with Crippen LogP contribution in [0.15, 0.2) is 39.6 Å². The third-order valence-corrected chi connectivity index (χ3v) is 6.06. The highest BCUT2D eigenvalue weighted by Gasteiger charge is 2.20. The molecule has 0 aliphatic rings. The summed E-state index contributed by atoms with van der Waals surface area (Å²) in [5.74, 6) is 0.0450. The molecular weight excluding hydrogens is 340 g/mol. The summed E-state index contributed by atoms with van der Waals surface area (Å²) in [6.07, 6.45) is 0. The van der Waals surface area contributed by atoms with Gasteiger partial charge in [-0.05, 0) is 49.4 Å². The molecule has 0 aliphatic carbocycles. The van der Waals surface area contributed by atoms with Crippen molar-refractivity contribution in [2.45, 2.75) is 31.2 Å². The van der Waals surface area contributed by atoms with Gasteiger partial charge in [-0.25, -0.2) is 4.98 Å². The summed E-state index contributed by atoms with van der Waals surface area (Å²) >= 11 is 2.76. The largest absolute Gasteiger partial charge is 0.293 e. The van der Waals surface area contributed by atoms with Gasteiger partial charge in [-0.1, -0.05) is 23.9 Å². The van der Waals surface area contributed by atoms with Gasteiger partial charge in [0, 0.05) is 12.6 Å². The summed E-state index contributed by atoms with van der Waals surface area (Å²) < 4.78 is 1.52. The van der Waals surface area contributed by atoms with Gasteiger partial charge >= 0.3 is 0 Å². The molecule has 0 spiro atoms. The highest BCUT2D eigenvalue weighted by atomic mass is 32.2. The Morgan fingerprint density at radius 1 is 1.25 bits per heavy atom. The fourth-order valence-electron chi connectivity index (χ4n) is 2.43. The lowest BCUT2D eigenvalue weighted by atomic mass is 10.0. The van der Waals surface area contributed by atoms with E-state index in [1.165, 1.54) is 33.2 Å². The fraction of sp³-hybridized carbons (Fsp3) is 0.278. The molecule has 0 saturated carbocycles. The highest BCUT2D eigenvalue weighted by molar-refractivity contribution is 8.00. The van der Waals surface area contributed by atoms with Gasteiger partial charge in [0.1, 0.15) is 4.83 Å². The number of hydrogen-bond donors (Lipinski definition) is 0. The van der Waals surface area contributed by atoms with E-state index < -0.39 is 0 Å². The maximum Gasteiger partial charge on any atom is 0.262 e. The molecule has 0 saturated heterocycles. The number of thiophene rings is 1. The van der Waals surface area contributed by atoms with Gasteiger partial charge in [-0.3, -0.25) is 14.2 Å². The molecule has 0 aliphatic heterocycles. The molecule has 1 unspecified atom stereocenters. The average Bonchev–Trinajstić information content (AvgIpc) is 3.02. The zero-order valence-corrected chi connectivity index (χ0v) is 15.6. The van der Waals surface area contributed by atoms with Crippen LogP contribution in [0, 0.1) is 13.8 Å². The molecule has 4 nitrogen and oxygen atoms in total. The molecule has 0 N–H and O–H groups in total. The lowest BCUT2D eigenvalue weighted by Crippen LogP contribution is -2.22. The van der Waals surface area contributed by atoms with Gasteiger partial charge in [0.25, 0.3) is 5.56 Å². The lowest BCUT2D eigenvalue weighted by Gasteiger charge is -2.13. The number of carbonyl (C=O) groups excluding carboxylic acids is 1. The summed E-state index contributed by atoms with van der Waals surface area (Å²) in [4.78, 5) is 30.3. The van der Waals surface area contributed by atoms with Gasteiger partial charge in [-0.2, -0.15) is 0 Å². The minimum atomic E-state index is -0.317. The fourth-order valence-corrected chi connectivity index (χ4v) is 4.18. The van der Waals surface area contributed by atoms with E-state index in [0.717, 1.165) is 5.56 Å². The van der Waals surface area contributed by atoms with E-state index in [1.54, 1.807) is 13.1 Å². The first-order chi connectivity index (χ1) is 11.4. The van der Waals surface area contributed by atoms with Gasteiger partial charge in [0.05, 0.1) is 10.6 Å². The van der Waals surface area contributed by atoms with Gasteiger partial charge in [0.2, 0.25) is 0 Å². The smallest absolute Gasteiger partial charge is 0.262 e. The standard InChI is InChI=1S/C18H18N2O2S2/c1-10-5-6-13(9-11(10)2)15(21)12(3)24-18-19-16-14(7-8-23-16)17(22)20(18)4/h5-9,12H,1-4H3. The predicted molar refractivity (Wildman–Crippen MR) is 100 cm³/mol. The van der Waals surface area contributed by atoms with E-state index >= 15 is 0 Å². The van der Waals surface area contributed by atoms with Crippen LogP contribution in [0.5, 0.6) is 0 Å². The lowest BCUT2D eigenvalue weighted by molar-refractivity contribution is 0.0993. The molecule has 124 valence electrons. The third-order valence-electron chi connectivity index (χ3n) is 4.11. The summed E-state index contributed by atoms with van der Waals surface area (Å²) in [6, 6.07) is 7.53. The number of benzene rings is 1. The second-order valence-corrected chi connectivity index (χ2v) is 8.02. The van der Waals surface area contributed by atoms with Crippen molar-refractivity contribution in [3.63, 3.8) is 0 Å². The van der Waals surface area contributed by atoms with Crippen LogP contribution in [0.1, 0.15) is 28.4 Å². The summed E-state index contributed by atoms with van der Waals surface area (Å²) in [5.41, 5.74) is 2.89. The number of thioether (sulfide) groups is 1. The minimum absolute atomic E-state index is 0.0450. The monoisotopic (exact) mass is 358 g/mol. The second kappa shape index (κ2) is 6.53. The van der Waals surface area contributed by atoms with Gasteiger partial charge in [-0.15, -0.1) is 11.3 Å². The summed E-state index contributed by atoms with van der Waals surface area (Å²) in [5, 5.41) is 2.74. The topological polar surface area (TPSA) is 52.0 Å². The van der Waals surface area contributed by atoms with Crippen LogP contribution in [0.25, 0.3) is 10.2 Å². The Morgan fingerprint density at radius 2 is 2.00 bits per heavy atom. The Balaban J connectivity index is 1.90. The van der Waals surface area contributed by atoms with E-state index in [4.69, 9.17) is 0 Å². The van der Waals surface area contributed by atoms with E-state index in [2.05, 4.69) is 4.98 Å². The minimum Gasteiger partial charge on any atom is -0.293 e. The van der Waals surface area contributed by atoms with E-state index in [-0.39, 0.29) is 16.6 Å². The summed E-state index contributed by atoms with van der Waals surface area (Å²) in [6.45, 7) is 5.88. The molecule has 0 bridgehead atoms. The van der Waals surface area contributed by atoms with Crippen LogP contribution in [0.4, 0.5) is 0 Å². The molecule has 0 fully saturated rings. The normalized spacial score (nSPS) is 12.5. The van der Waals surface area contributed by atoms with E-state index in [9.17, 15) is 9.59 Å². The highest BCUT2D eigenvalue weighted by Crippen LogP contribution is 2.26. The third kappa shape index (κ3) is 3.03. The number of hydrogen-bond acceptors (Lipinski definition) is 5. The van der Waals surface area contributed by atoms with Crippen molar-refractivity contribution in [1.82, 2.24) is 9.55 Å². The van der Waals surface area contributed by atoms with Crippen LogP contribution in [-0.4, -0.2) is 20.6 Å². The molecule has 2 heterocycles. The number of rotatable bonds is 4. The first kappa shape index (κ1) is 16.9. The SMILES string of the molecule is Cc1ccc(C(=O)C(C)Sc2nc3sccc3c(=O)n2C)cc1C. The van der Waals surface area contributed by atoms with Crippen molar-refractivity contribution in [2.75, 3.05) is 0 Å². The van der Waals surface area contributed by atoms with Crippen molar-refractivity contribution < 1.29 is 4.79 Å². The number of aryl methyl sites for hydroxylation is 2. The molecular formula is C18H18N2O2S2. The van der Waals surface area contributed by atoms with Crippen LogP contribution in [0.3, 0.4) is 0 Å². The van der Waals surface area contributed by atoms with Crippen LogP contribution in [-0.2, 0) is 7.05 Å². The molecule has 24 heavy (non-hydrogen) atoms. The number of ketones is 1. The Kier molecular flexibility index (Phi) is 4.60. The number of nitrogens with zero attached hydrogens (tertiary/aromatic N) is 2.